The van der Waals surface area contributed by atoms with Gasteiger partial charge in [-0.25, -0.2) is 4.98 Å². The van der Waals surface area contributed by atoms with Gasteiger partial charge in [0.05, 0.1) is 23.1 Å². The standard InChI is InChI=1S/C24H18F6N6O2/c1-36-18-5-3-13(38-14-6-7-31-17(10-14)21-32-11-20(35-21)24(28,29)30)9-16(18)34-22(36)33-12-2-4-15(19(37)8-12)23(25,26)27/h2-10,20,37H,11H2,1H3,(H,32,35)(H,33,34). The molecule has 1 atom stereocenters. The number of aromatic hydroxyl groups is 1. The summed E-state index contributed by atoms with van der Waals surface area (Å²) in [6.45, 7) is -0.440. The number of phenols is 1. The lowest BCUT2D eigenvalue weighted by molar-refractivity contribution is -0.147. The zero-order valence-electron chi connectivity index (χ0n) is 19.4. The van der Waals surface area contributed by atoms with Crippen molar-refractivity contribution in [1.82, 2.24) is 19.9 Å². The first-order valence-electron chi connectivity index (χ1n) is 11.0. The average Bonchev–Trinajstić information content (AvgIpc) is 3.44. The molecule has 198 valence electrons. The fraction of sp³-hybridized carbons (Fsp3) is 0.208. The number of nitrogens with zero attached hydrogens (tertiary/aromatic N) is 4. The molecule has 5 rings (SSSR count). The number of amidine groups is 1. The predicted octanol–water partition coefficient (Wildman–Crippen LogP) is 5.51. The second-order valence-corrected chi connectivity index (χ2v) is 8.41. The maximum Gasteiger partial charge on any atom is 0.419 e. The van der Waals surface area contributed by atoms with Gasteiger partial charge >= 0.3 is 12.4 Å². The van der Waals surface area contributed by atoms with Crippen molar-refractivity contribution in [3.63, 3.8) is 0 Å². The summed E-state index contributed by atoms with van der Waals surface area (Å²) in [6.07, 6.45) is -7.73. The van der Waals surface area contributed by atoms with Crippen LogP contribution in [0.5, 0.6) is 17.2 Å². The lowest BCUT2D eigenvalue weighted by Crippen LogP contribution is -2.42. The quantitative estimate of drug-likeness (QED) is 0.291. The molecule has 0 saturated heterocycles. The van der Waals surface area contributed by atoms with Gasteiger partial charge in [0, 0.05) is 37.1 Å². The molecular weight excluding hydrogens is 518 g/mol. The monoisotopic (exact) mass is 536 g/mol. The Labute approximate surface area is 210 Å². The lowest BCUT2D eigenvalue weighted by atomic mass is 10.1. The number of aliphatic imine (C=N–C) groups is 1. The molecule has 0 aliphatic carbocycles. The summed E-state index contributed by atoms with van der Waals surface area (Å²) in [7, 11) is 1.70. The van der Waals surface area contributed by atoms with Crippen LogP contribution in [-0.4, -0.2) is 44.2 Å². The average molecular weight is 536 g/mol. The first-order valence-corrected chi connectivity index (χ1v) is 11.0. The molecule has 0 bridgehead atoms. The number of fused-ring (bicyclic) bond motifs is 1. The topological polar surface area (TPSA) is 96.6 Å². The number of hydrogen-bond acceptors (Lipinski definition) is 7. The van der Waals surface area contributed by atoms with Gasteiger partial charge in [0.1, 0.15) is 34.8 Å². The largest absolute Gasteiger partial charge is 0.507 e. The fourth-order valence-electron chi connectivity index (χ4n) is 3.85. The first kappa shape index (κ1) is 25.2. The van der Waals surface area contributed by atoms with Gasteiger partial charge in [-0.15, -0.1) is 0 Å². The van der Waals surface area contributed by atoms with E-state index in [1.807, 2.05) is 0 Å². The van der Waals surface area contributed by atoms with Crippen LogP contribution in [0.3, 0.4) is 0 Å². The minimum Gasteiger partial charge on any atom is -0.507 e. The molecule has 38 heavy (non-hydrogen) atoms. The molecule has 0 fully saturated rings. The van der Waals surface area contributed by atoms with Gasteiger partial charge in [-0.05, 0) is 30.3 Å². The van der Waals surface area contributed by atoms with E-state index in [1.54, 1.807) is 29.8 Å². The number of nitrogens with one attached hydrogen (secondary N) is 2. The Balaban J connectivity index is 1.34. The highest BCUT2D eigenvalue weighted by molar-refractivity contribution is 5.98. The Morgan fingerprint density at radius 3 is 2.47 bits per heavy atom. The van der Waals surface area contributed by atoms with Gasteiger partial charge in [0.2, 0.25) is 5.95 Å². The number of anilines is 2. The highest BCUT2D eigenvalue weighted by atomic mass is 19.4. The Morgan fingerprint density at radius 1 is 1.03 bits per heavy atom. The highest BCUT2D eigenvalue weighted by Crippen LogP contribution is 2.37. The van der Waals surface area contributed by atoms with Crippen molar-refractivity contribution in [2.45, 2.75) is 18.4 Å². The molecule has 2 aromatic heterocycles. The summed E-state index contributed by atoms with van der Waals surface area (Å²) >= 11 is 0. The van der Waals surface area contributed by atoms with Crippen LogP contribution in [0.15, 0.2) is 59.7 Å². The summed E-state index contributed by atoms with van der Waals surface area (Å²) < 4.78 is 85.0. The predicted molar refractivity (Wildman–Crippen MR) is 126 cm³/mol. The van der Waals surface area contributed by atoms with Crippen LogP contribution in [0, 0.1) is 0 Å². The lowest BCUT2D eigenvalue weighted by Gasteiger charge is -2.15. The van der Waals surface area contributed by atoms with Crippen molar-refractivity contribution in [1.29, 1.82) is 0 Å². The van der Waals surface area contributed by atoms with Crippen LogP contribution < -0.4 is 15.4 Å². The van der Waals surface area contributed by atoms with Gasteiger partial charge in [-0.3, -0.25) is 9.98 Å². The molecule has 1 unspecified atom stereocenters. The van der Waals surface area contributed by atoms with Crippen molar-refractivity contribution in [2.24, 2.45) is 12.0 Å². The third kappa shape index (κ3) is 5.01. The summed E-state index contributed by atoms with van der Waals surface area (Å²) in [5.74, 6) is 0.0844. The summed E-state index contributed by atoms with van der Waals surface area (Å²) in [5, 5.41) is 15.0. The van der Waals surface area contributed by atoms with Gasteiger partial charge in [0.25, 0.3) is 0 Å². The van der Waals surface area contributed by atoms with Gasteiger partial charge in [0.15, 0.2) is 0 Å². The molecule has 0 saturated carbocycles. The minimum absolute atomic E-state index is 0.0166. The van der Waals surface area contributed by atoms with Crippen molar-refractivity contribution >= 4 is 28.5 Å². The van der Waals surface area contributed by atoms with Crippen LogP contribution in [0.1, 0.15) is 11.3 Å². The van der Waals surface area contributed by atoms with Gasteiger partial charge in [-0.2, -0.15) is 26.3 Å². The van der Waals surface area contributed by atoms with Crippen molar-refractivity contribution in [2.75, 3.05) is 11.9 Å². The fourth-order valence-corrected chi connectivity index (χ4v) is 3.85. The number of rotatable bonds is 5. The van der Waals surface area contributed by atoms with E-state index in [0.717, 1.165) is 12.1 Å². The van der Waals surface area contributed by atoms with E-state index in [1.165, 1.54) is 24.4 Å². The van der Waals surface area contributed by atoms with Crippen LogP contribution >= 0.6 is 0 Å². The molecule has 4 aromatic rings. The van der Waals surface area contributed by atoms with E-state index < -0.39 is 36.3 Å². The van der Waals surface area contributed by atoms with Crippen LogP contribution in [0.25, 0.3) is 11.0 Å². The third-order valence-electron chi connectivity index (χ3n) is 5.76. The number of alkyl halides is 6. The van der Waals surface area contributed by atoms with Gasteiger partial charge < -0.3 is 25.0 Å². The Hall–Kier alpha value is -4.49. The zero-order chi connectivity index (χ0) is 27.2. The van der Waals surface area contributed by atoms with E-state index in [2.05, 4.69) is 25.6 Å². The molecule has 1 aliphatic rings. The first-order chi connectivity index (χ1) is 17.9. The van der Waals surface area contributed by atoms with E-state index in [-0.39, 0.29) is 17.2 Å². The Bertz CT molecular complexity index is 1550. The second-order valence-electron chi connectivity index (χ2n) is 8.41. The Kier molecular flexibility index (Phi) is 6.04. The van der Waals surface area contributed by atoms with Crippen LogP contribution in [0.2, 0.25) is 0 Å². The maximum absolute atomic E-state index is 12.9. The Morgan fingerprint density at radius 2 is 1.79 bits per heavy atom. The van der Waals surface area contributed by atoms with E-state index in [4.69, 9.17) is 4.74 Å². The van der Waals surface area contributed by atoms with Crippen molar-refractivity contribution < 1.29 is 36.2 Å². The molecule has 1 aliphatic heterocycles. The van der Waals surface area contributed by atoms with Crippen LogP contribution in [-0.2, 0) is 13.2 Å². The number of benzene rings is 2. The zero-order valence-corrected chi connectivity index (χ0v) is 19.4. The number of aryl methyl sites for hydroxylation is 1. The van der Waals surface area contributed by atoms with E-state index in [0.29, 0.717) is 28.5 Å². The van der Waals surface area contributed by atoms with Gasteiger partial charge in [-0.1, -0.05) is 0 Å². The molecule has 8 nitrogen and oxygen atoms in total. The normalized spacial score (nSPS) is 15.9. The van der Waals surface area contributed by atoms with Crippen molar-refractivity contribution in [3.8, 4) is 17.2 Å². The summed E-state index contributed by atoms with van der Waals surface area (Å²) in [6, 6.07) is 9.11. The van der Waals surface area contributed by atoms with Crippen LogP contribution in [0.4, 0.5) is 38.0 Å². The SMILES string of the molecule is Cn1c(Nc2ccc(C(F)(F)F)c(O)c2)nc2cc(Oc3ccnc(C4=NCC(C(F)(F)F)N4)c3)ccc21. The molecule has 3 heterocycles. The highest BCUT2D eigenvalue weighted by Gasteiger charge is 2.42. The molecule has 14 heteroatoms. The third-order valence-corrected chi connectivity index (χ3v) is 5.76. The number of halogens is 6. The summed E-state index contributed by atoms with van der Waals surface area (Å²) in [4.78, 5) is 12.4. The minimum atomic E-state index is -4.68. The molecule has 0 spiro atoms. The maximum atomic E-state index is 12.9. The number of phenolic OH excluding ortho intramolecular Hbond substituents is 1. The number of ether oxygens (including phenoxy) is 1. The number of hydrogen-bond donors (Lipinski definition) is 3. The molecular formula is C24H18F6N6O2. The molecule has 2 aromatic carbocycles. The smallest absolute Gasteiger partial charge is 0.419 e. The molecule has 0 radical (unpaired) electrons. The number of aromatic nitrogens is 3. The molecule has 0 amide bonds. The van der Waals surface area contributed by atoms with E-state index >= 15 is 0 Å². The number of pyridine rings is 1. The number of imidazole rings is 1. The second kappa shape index (κ2) is 9.11. The summed E-state index contributed by atoms with van der Waals surface area (Å²) in [5.41, 5.74) is 0.414. The van der Waals surface area contributed by atoms with E-state index in [9.17, 15) is 31.4 Å². The van der Waals surface area contributed by atoms with Crippen molar-refractivity contribution in [3.05, 3.63) is 66.0 Å². The molecule has 3 N–H and O–H groups in total.